The molecule has 4 rings (SSSR count). The van der Waals surface area contributed by atoms with Gasteiger partial charge >= 0.3 is 0 Å². The van der Waals surface area contributed by atoms with Gasteiger partial charge in [-0.25, -0.2) is 0 Å². The molecule has 0 aliphatic carbocycles. The molecule has 2 atom stereocenters. The van der Waals surface area contributed by atoms with Gasteiger partial charge in [0.2, 0.25) is 5.91 Å². The number of piperidine rings is 1. The molecule has 0 spiro atoms. The summed E-state index contributed by atoms with van der Waals surface area (Å²) in [4.78, 5) is 15.0. The maximum absolute atomic E-state index is 12.6. The third-order valence-electron chi connectivity index (χ3n) is 7.13. The Hall–Kier alpha value is -2.22. The number of ether oxygens (including phenoxy) is 1. The standard InChI is InChI=1S/C27H40N4O3/c1-27(2,3)23-6-4-20(5-7-23)25-18-24(30-34-25)16-22-19-28-9-8-21(22)17-26(32)29-10-11-31-12-14-33-15-13-31/h4-7,18,21-22,28H,8-17,19H2,1-3H3,(H,29,32). The molecule has 186 valence electrons. The monoisotopic (exact) mass is 468 g/mol. The first kappa shape index (κ1) is 24.9. The Morgan fingerprint density at radius 1 is 1.18 bits per heavy atom. The molecule has 0 saturated carbocycles. The number of morpholine rings is 1. The van der Waals surface area contributed by atoms with E-state index in [0.29, 0.717) is 24.8 Å². The van der Waals surface area contributed by atoms with Crippen LogP contribution in [0.25, 0.3) is 11.3 Å². The molecule has 7 heteroatoms. The number of nitrogens with zero attached hydrogens (tertiary/aromatic N) is 2. The fourth-order valence-corrected chi connectivity index (χ4v) is 4.92. The van der Waals surface area contributed by atoms with Crippen molar-refractivity contribution in [2.75, 3.05) is 52.5 Å². The Morgan fingerprint density at radius 2 is 1.94 bits per heavy atom. The Kier molecular flexibility index (Phi) is 8.40. The molecular formula is C27H40N4O3. The van der Waals surface area contributed by atoms with Crippen molar-refractivity contribution in [3.8, 4) is 11.3 Å². The third-order valence-corrected chi connectivity index (χ3v) is 7.13. The van der Waals surface area contributed by atoms with Crippen LogP contribution < -0.4 is 10.6 Å². The van der Waals surface area contributed by atoms with Gasteiger partial charge in [-0.3, -0.25) is 9.69 Å². The van der Waals surface area contributed by atoms with E-state index in [1.165, 1.54) is 5.56 Å². The van der Waals surface area contributed by atoms with Gasteiger partial charge in [-0.15, -0.1) is 0 Å². The molecule has 1 aromatic heterocycles. The molecule has 7 nitrogen and oxygen atoms in total. The Balaban J connectivity index is 1.29. The van der Waals surface area contributed by atoms with Crippen molar-refractivity contribution in [1.82, 2.24) is 20.7 Å². The van der Waals surface area contributed by atoms with Crippen LogP contribution in [0.3, 0.4) is 0 Å². The first-order chi connectivity index (χ1) is 16.4. The quantitative estimate of drug-likeness (QED) is 0.619. The zero-order chi connectivity index (χ0) is 24.0. The highest BCUT2D eigenvalue weighted by Gasteiger charge is 2.28. The number of hydrogen-bond donors (Lipinski definition) is 2. The van der Waals surface area contributed by atoms with Crippen LogP contribution in [0.2, 0.25) is 0 Å². The largest absolute Gasteiger partial charge is 0.379 e. The van der Waals surface area contributed by atoms with Crippen molar-refractivity contribution in [2.24, 2.45) is 11.8 Å². The molecule has 2 saturated heterocycles. The van der Waals surface area contributed by atoms with E-state index in [0.717, 1.165) is 75.8 Å². The summed E-state index contributed by atoms with van der Waals surface area (Å²) in [5.41, 5.74) is 3.43. The van der Waals surface area contributed by atoms with Crippen molar-refractivity contribution < 1.29 is 14.1 Å². The van der Waals surface area contributed by atoms with Crippen LogP contribution in [0.1, 0.15) is 44.9 Å². The molecule has 2 unspecified atom stereocenters. The fourth-order valence-electron chi connectivity index (χ4n) is 4.92. The van der Waals surface area contributed by atoms with E-state index in [2.05, 4.69) is 71.8 Å². The molecule has 2 aliphatic rings. The molecule has 0 radical (unpaired) electrons. The Morgan fingerprint density at radius 3 is 2.68 bits per heavy atom. The Bertz CT molecular complexity index is 913. The smallest absolute Gasteiger partial charge is 0.220 e. The van der Waals surface area contributed by atoms with Crippen molar-refractivity contribution in [3.05, 3.63) is 41.6 Å². The normalized spacial score (nSPS) is 22.0. The summed E-state index contributed by atoms with van der Waals surface area (Å²) in [5, 5.41) is 11.0. The summed E-state index contributed by atoms with van der Waals surface area (Å²) in [6.45, 7) is 13.6. The molecule has 3 heterocycles. The lowest BCUT2D eigenvalue weighted by molar-refractivity contribution is -0.122. The summed E-state index contributed by atoms with van der Waals surface area (Å²) in [6, 6.07) is 10.6. The number of aromatic nitrogens is 1. The van der Waals surface area contributed by atoms with Crippen molar-refractivity contribution in [2.45, 2.75) is 45.4 Å². The summed E-state index contributed by atoms with van der Waals surface area (Å²) >= 11 is 0. The summed E-state index contributed by atoms with van der Waals surface area (Å²) in [6.07, 6.45) is 2.41. The highest BCUT2D eigenvalue weighted by molar-refractivity contribution is 5.76. The second-order valence-corrected chi connectivity index (χ2v) is 10.7. The summed E-state index contributed by atoms with van der Waals surface area (Å²) < 4.78 is 11.1. The minimum Gasteiger partial charge on any atom is -0.379 e. The average Bonchev–Trinajstić information content (AvgIpc) is 3.29. The van der Waals surface area contributed by atoms with E-state index in [4.69, 9.17) is 9.26 Å². The first-order valence-electron chi connectivity index (χ1n) is 12.7. The minimum atomic E-state index is 0.128. The summed E-state index contributed by atoms with van der Waals surface area (Å²) in [5.74, 6) is 1.69. The zero-order valence-corrected chi connectivity index (χ0v) is 20.9. The molecule has 1 amide bonds. The van der Waals surface area contributed by atoms with Crippen molar-refractivity contribution in [1.29, 1.82) is 0 Å². The number of rotatable bonds is 8. The number of benzene rings is 1. The molecule has 2 aromatic rings. The highest BCUT2D eigenvalue weighted by atomic mass is 16.5. The van der Waals surface area contributed by atoms with E-state index in [1.807, 2.05) is 0 Å². The molecule has 1 aromatic carbocycles. The van der Waals surface area contributed by atoms with Crippen LogP contribution in [-0.4, -0.2) is 68.4 Å². The molecular weight excluding hydrogens is 428 g/mol. The second-order valence-electron chi connectivity index (χ2n) is 10.7. The maximum Gasteiger partial charge on any atom is 0.220 e. The summed E-state index contributed by atoms with van der Waals surface area (Å²) in [7, 11) is 0. The number of carbonyl (C=O) groups is 1. The van der Waals surface area contributed by atoms with Crippen LogP contribution in [0.4, 0.5) is 0 Å². The molecule has 34 heavy (non-hydrogen) atoms. The van der Waals surface area contributed by atoms with Gasteiger partial charge in [0, 0.05) is 44.2 Å². The van der Waals surface area contributed by atoms with Gasteiger partial charge in [0.15, 0.2) is 5.76 Å². The average molecular weight is 469 g/mol. The predicted molar refractivity (Wildman–Crippen MR) is 134 cm³/mol. The number of nitrogens with one attached hydrogen (secondary N) is 2. The van der Waals surface area contributed by atoms with Gasteiger partial charge in [-0.1, -0.05) is 50.2 Å². The van der Waals surface area contributed by atoms with Crippen LogP contribution in [0, 0.1) is 11.8 Å². The van der Waals surface area contributed by atoms with Gasteiger partial charge in [0.1, 0.15) is 0 Å². The number of carbonyl (C=O) groups excluding carboxylic acids is 1. The topological polar surface area (TPSA) is 79.6 Å². The van der Waals surface area contributed by atoms with Gasteiger partial charge in [-0.2, -0.15) is 0 Å². The van der Waals surface area contributed by atoms with Crippen LogP contribution in [-0.2, 0) is 21.4 Å². The van der Waals surface area contributed by atoms with Gasteiger partial charge < -0.3 is 19.9 Å². The first-order valence-corrected chi connectivity index (χ1v) is 12.7. The SMILES string of the molecule is CC(C)(C)c1ccc(-c2cc(CC3CNCCC3CC(=O)NCCN3CCOCC3)no2)cc1. The number of hydrogen-bond acceptors (Lipinski definition) is 6. The van der Waals surface area contributed by atoms with Crippen molar-refractivity contribution >= 4 is 5.91 Å². The molecule has 0 bridgehead atoms. The molecule has 2 fully saturated rings. The van der Waals surface area contributed by atoms with Gasteiger partial charge in [0.25, 0.3) is 0 Å². The van der Waals surface area contributed by atoms with Gasteiger partial charge in [0.05, 0.1) is 18.9 Å². The Labute approximate surface area is 203 Å². The highest BCUT2D eigenvalue weighted by Crippen LogP contribution is 2.29. The third kappa shape index (κ3) is 6.90. The lowest BCUT2D eigenvalue weighted by Gasteiger charge is -2.31. The predicted octanol–water partition coefficient (Wildman–Crippen LogP) is 3.25. The second kappa shape index (κ2) is 11.5. The van der Waals surface area contributed by atoms with E-state index < -0.39 is 0 Å². The van der Waals surface area contributed by atoms with Gasteiger partial charge in [-0.05, 0) is 48.7 Å². The zero-order valence-electron chi connectivity index (χ0n) is 20.9. The molecule has 2 aliphatic heterocycles. The van der Waals surface area contributed by atoms with Crippen LogP contribution in [0.15, 0.2) is 34.9 Å². The van der Waals surface area contributed by atoms with E-state index in [-0.39, 0.29) is 11.3 Å². The van der Waals surface area contributed by atoms with E-state index in [9.17, 15) is 4.79 Å². The van der Waals surface area contributed by atoms with Crippen molar-refractivity contribution in [3.63, 3.8) is 0 Å². The van der Waals surface area contributed by atoms with E-state index in [1.54, 1.807) is 0 Å². The lowest BCUT2D eigenvalue weighted by atomic mass is 9.81. The molecule has 2 N–H and O–H groups in total. The maximum atomic E-state index is 12.6. The van der Waals surface area contributed by atoms with Crippen LogP contribution in [0.5, 0.6) is 0 Å². The number of amides is 1. The van der Waals surface area contributed by atoms with Crippen LogP contribution >= 0.6 is 0 Å². The lowest BCUT2D eigenvalue weighted by Crippen LogP contribution is -2.43. The minimum absolute atomic E-state index is 0.128. The van der Waals surface area contributed by atoms with E-state index >= 15 is 0 Å². The fraction of sp³-hybridized carbons (Fsp3) is 0.630.